The van der Waals surface area contributed by atoms with Crippen molar-refractivity contribution in [1.82, 2.24) is 15.0 Å². The van der Waals surface area contributed by atoms with E-state index in [0.29, 0.717) is 30.8 Å². The summed E-state index contributed by atoms with van der Waals surface area (Å²) in [6.07, 6.45) is 2.24. The largest absolute Gasteiger partial charge is 0.481 e. The molecule has 0 spiro atoms. The molecule has 1 N–H and O–H groups in total. The summed E-state index contributed by atoms with van der Waals surface area (Å²) >= 11 is 0. The Morgan fingerprint density at radius 3 is 2.95 bits per heavy atom. The zero-order chi connectivity index (χ0) is 13.4. The maximum absolute atomic E-state index is 11.1. The topological polar surface area (TPSA) is 88.7 Å². The van der Waals surface area contributed by atoms with Gasteiger partial charge in [-0.3, -0.25) is 9.69 Å². The maximum Gasteiger partial charge on any atom is 0.310 e. The molecular formula is C12H17N3O4. The predicted octanol–water partition coefficient (Wildman–Crippen LogP) is 0.478. The van der Waals surface area contributed by atoms with Gasteiger partial charge in [0.15, 0.2) is 5.82 Å². The Kier molecular flexibility index (Phi) is 3.24. The Morgan fingerprint density at radius 1 is 1.47 bits per heavy atom. The standard InChI is InChI=1S/C12H17N3O4/c1-15(9-6-18-5-8(9)12(16)17)4-10-13-11(19-14-10)7-2-3-7/h7-9H,2-6H2,1H3,(H,16,17). The van der Waals surface area contributed by atoms with Crippen LogP contribution in [0.3, 0.4) is 0 Å². The van der Waals surface area contributed by atoms with Crippen LogP contribution in [0, 0.1) is 5.92 Å². The Hall–Kier alpha value is -1.47. The molecule has 3 rings (SSSR count). The minimum absolute atomic E-state index is 0.139. The van der Waals surface area contributed by atoms with Crippen LogP contribution in [0.15, 0.2) is 4.52 Å². The van der Waals surface area contributed by atoms with Gasteiger partial charge in [-0.1, -0.05) is 5.16 Å². The first kappa shape index (κ1) is 12.6. The van der Waals surface area contributed by atoms with Crippen molar-refractivity contribution in [1.29, 1.82) is 0 Å². The highest BCUT2D eigenvalue weighted by molar-refractivity contribution is 5.71. The summed E-state index contributed by atoms with van der Waals surface area (Å²) in [6, 6.07) is -0.139. The lowest BCUT2D eigenvalue weighted by Gasteiger charge is -2.24. The normalized spacial score (nSPS) is 27.1. The fourth-order valence-corrected chi connectivity index (χ4v) is 2.38. The molecule has 19 heavy (non-hydrogen) atoms. The van der Waals surface area contributed by atoms with Crippen LogP contribution in [0.4, 0.5) is 0 Å². The Balaban J connectivity index is 1.63. The summed E-state index contributed by atoms with van der Waals surface area (Å²) in [5.41, 5.74) is 0. The third kappa shape index (κ3) is 2.62. The molecule has 104 valence electrons. The van der Waals surface area contributed by atoms with E-state index in [-0.39, 0.29) is 12.6 Å². The van der Waals surface area contributed by atoms with Crippen molar-refractivity contribution in [2.45, 2.75) is 31.3 Å². The van der Waals surface area contributed by atoms with Gasteiger partial charge in [0.25, 0.3) is 0 Å². The molecule has 2 unspecified atom stereocenters. The van der Waals surface area contributed by atoms with E-state index in [1.165, 1.54) is 0 Å². The van der Waals surface area contributed by atoms with Gasteiger partial charge in [-0.05, 0) is 19.9 Å². The number of carbonyl (C=O) groups is 1. The molecule has 2 fully saturated rings. The molecule has 2 atom stereocenters. The number of hydrogen-bond acceptors (Lipinski definition) is 6. The second kappa shape index (κ2) is 4.90. The molecular weight excluding hydrogens is 250 g/mol. The minimum Gasteiger partial charge on any atom is -0.481 e. The lowest BCUT2D eigenvalue weighted by Crippen LogP contribution is -2.40. The molecule has 0 amide bonds. The minimum atomic E-state index is -0.818. The van der Waals surface area contributed by atoms with Gasteiger partial charge in [0.1, 0.15) is 0 Å². The van der Waals surface area contributed by atoms with Gasteiger partial charge >= 0.3 is 5.97 Å². The smallest absolute Gasteiger partial charge is 0.310 e. The Bertz CT molecular complexity index is 471. The van der Waals surface area contributed by atoms with Gasteiger partial charge in [-0.2, -0.15) is 4.98 Å². The summed E-state index contributed by atoms with van der Waals surface area (Å²) in [5, 5.41) is 13.1. The van der Waals surface area contributed by atoms with Crippen molar-refractivity contribution in [2.24, 2.45) is 5.92 Å². The van der Waals surface area contributed by atoms with Gasteiger partial charge in [0.05, 0.1) is 25.7 Å². The van der Waals surface area contributed by atoms with E-state index >= 15 is 0 Å². The van der Waals surface area contributed by atoms with Gasteiger partial charge in [0.2, 0.25) is 5.89 Å². The zero-order valence-electron chi connectivity index (χ0n) is 10.8. The van der Waals surface area contributed by atoms with Gasteiger partial charge in [0, 0.05) is 12.0 Å². The fourth-order valence-electron chi connectivity index (χ4n) is 2.38. The van der Waals surface area contributed by atoms with Crippen molar-refractivity contribution >= 4 is 5.97 Å². The molecule has 7 nitrogen and oxygen atoms in total. The molecule has 2 heterocycles. The molecule has 1 saturated heterocycles. The molecule has 1 aromatic heterocycles. The highest BCUT2D eigenvalue weighted by atomic mass is 16.5. The molecule has 2 aliphatic rings. The fraction of sp³-hybridized carbons (Fsp3) is 0.750. The monoisotopic (exact) mass is 267 g/mol. The third-order valence-electron chi connectivity index (χ3n) is 3.74. The van der Waals surface area contributed by atoms with E-state index in [4.69, 9.17) is 14.4 Å². The highest BCUT2D eigenvalue weighted by Gasteiger charge is 2.37. The van der Waals surface area contributed by atoms with E-state index in [1.807, 2.05) is 11.9 Å². The summed E-state index contributed by atoms with van der Waals surface area (Å²) in [4.78, 5) is 17.4. The van der Waals surface area contributed by atoms with Crippen LogP contribution in [-0.2, 0) is 16.1 Å². The van der Waals surface area contributed by atoms with Crippen LogP contribution in [0.5, 0.6) is 0 Å². The van der Waals surface area contributed by atoms with E-state index in [2.05, 4.69) is 10.1 Å². The average molecular weight is 267 g/mol. The van der Waals surface area contributed by atoms with Crippen LogP contribution in [0.2, 0.25) is 0 Å². The second-order valence-electron chi connectivity index (χ2n) is 5.29. The SMILES string of the molecule is CN(Cc1noc(C2CC2)n1)C1COCC1C(=O)O. The number of aliphatic carboxylic acids is 1. The first-order valence-corrected chi connectivity index (χ1v) is 6.48. The van der Waals surface area contributed by atoms with Crippen LogP contribution >= 0.6 is 0 Å². The van der Waals surface area contributed by atoms with Gasteiger partial charge in [-0.15, -0.1) is 0 Å². The third-order valence-corrected chi connectivity index (χ3v) is 3.74. The van der Waals surface area contributed by atoms with Crippen LogP contribution in [-0.4, -0.2) is 52.4 Å². The van der Waals surface area contributed by atoms with E-state index < -0.39 is 11.9 Å². The number of likely N-dealkylation sites (N-methyl/N-ethyl adjacent to an activating group) is 1. The number of hydrogen-bond donors (Lipinski definition) is 1. The number of carboxylic acid groups (broad SMARTS) is 1. The number of ether oxygens (including phenoxy) is 1. The second-order valence-corrected chi connectivity index (χ2v) is 5.29. The lowest BCUT2D eigenvalue weighted by atomic mass is 10.0. The molecule has 1 saturated carbocycles. The lowest BCUT2D eigenvalue weighted by molar-refractivity contribution is -0.143. The molecule has 1 aromatic rings. The summed E-state index contributed by atoms with van der Waals surface area (Å²) in [6.45, 7) is 1.18. The number of carboxylic acids is 1. The molecule has 7 heteroatoms. The quantitative estimate of drug-likeness (QED) is 0.829. The summed E-state index contributed by atoms with van der Waals surface area (Å²) in [5.74, 6) is 0.454. The molecule has 0 aromatic carbocycles. The molecule has 1 aliphatic heterocycles. The molecule has 1 aliphatic carbocycles. The molecule has 0 radical (unpaired) electrons. The van der Waals surface area contributed by atoms with Crippen molar-refractivity contribution in [3.05, 3.63) is 11.7 Å². The number of nitrogens with zero attached hydrogens (tertiary/aromatic N) is 3. The summed E-state index contributed by atoms with van der Waals surface area (Å²) in [7, 11) is 1.86. The van der Waals surface area contributed by atoms with Crippen molar-refractivity contribution in [3.63, 3.8) is 0 Å². The number of aromatic nitrogens is 2. The van der Waals surface area contributed by atoms with Crippen LogP contribution < -0.4 is 0 Å². The summed E-state index contributed by atoms with van der Waals surface area (Å²) < 4.78 is 10.4. The molecule has 0 bridgehead atoms. The van der Waals surface area contributed by atoms with Gasteiger partial charge in [-0.25, -0.2) is 0 Å². The first-order chi connectivity index (χ1) is 9.15. The predicted molar refractivity (Wildman–Crippen MR) is 63.5 cm³/mol. The zero-order valence-corrected chi connectivity index (χ0v) is 10.8. The van der Waals surface area contributed by atoms with Crippen molar-refractivity contribution in [2.75, 3.05) is 20.3 Å². The number of rotatable bonds is 5. The van der Waals surface area contributed by atoms with Crippen LogP contribution in [0.25, 0.3) is 0 Å². The Morgan fingerprint density at radius 2 is 2.26 bits per heavy atom. The first-order valence-electron chi connectivity index (χ1n) is 6.48. The van der Waals surface area contributed by atoms with E-state index in [9.17, 15) is 4.79 Å². The van der Waals surface area contributed by atoms with Crippen LogP contribution in [0.1, 0.15) is 30.5 Å². The van der Waals surface area contributed by atoms with Crippen molar-refractivity contribution in [3.8, 4) is 0 Å². The Labute approximate surface area is 110 Å². The average Bonchev–Trinajstić information content (AvgIpc) is 2.92. The van der Waals surface area contributed by atoms with E-state index in [1.54, 1.807) is 0 Å². The van der Waals surface area contributed by atoms with E-state index in [0.717, 1.165) is 12.8 Å². The van der Waals surface area contributed by atoms with Crippen molar-refractivity contribution < 1.29 is 19.2 Å². The van der Waals surface area contributed by atoms with Gasteiger partial charge < -0.3 is 14.4 Å². The maximum atomic E-state index is 11.1. The highest BCUT2D eigenvalue weighted by Crippen LogP contribution is 2.38.